The minimum absolute atomic E-state index is 0.0425. The summed E-state index contributed by atoms with van der Waals surface area (Å²) in [5.74, 6) is 1.28. The van der Waals surface area contributed by atoms with Crippen molar-refractivity contribution in [2.24, 2.45) is 5.92 Å². The number of ether oxygens (including phenoxy) is 2. The maximum absolute atomic E-state index is 12.7. The Balaban J connectivity index is 2.04. The van der Waals surface area contributed by atoms with Gasteiger partial charge in [-0.15, -0.1) is 0 Å². The first-order valence-corrected chi connectivity index (χ1v) is 8.08. The van der Waals surface area contributed by atoms with Gasteiger partial charge in [-0.1, -0.05) is 13.3 Å². The van der Waals surface area contributed by atoms with E-state index in [1.165, 1.54) is 6.42 Å². The third kappa shape index (κ3) is 4.01. The number of hydrogen-bond acceptors (Lipinski definition) is 3. The molecule has 2 atom stereocenters. The van der Waals surface area contributed by atoms with Gasteiger partial charge in [-0.2, -0.15) is 0 Å². The van der Waals surface area contributed by atoms with Gasteiger partial charge in [-0.25, -0.2) is 0 Å². The molecule has 1 amide bonds. The van der Waals surface area contributed by atoms with Crippen LogP contribution in [0.25, 0.3) is 0 Å². The summed E-state index contributed by atoms with van der Waals surface area (Å²) >= 11 is 0. The zero-order valence-electron chi connectivity index (χ0n) is 14.0. The summed E-state index contributed by atoms with van der Waals surface area (Å²) in [6, 6.07) is 7.48. The molecule has 122 valence electrons. The van der Waals surface area contributed by atoms with Gasteiger partial charge in [0.2, 0.25) is 0 Å². The first kappa shape index (κ1) is 16.8. The predicted molar refractivity (Wildman–Crippen MR) is 88.2 cm³/mol. The minimum Gasteiger partial charge on any atom is -0.491 e. The van der Waals surface area contributed by atoms with Crippen molar-refractivity contribution in [3.8, 4) is 5.75 Å². The zero-order valence-corrected chi connectivity index (χ0v) is 14.0. The van der Waals surface area contributed by atoms with Crippen LogP contribution in [-0.4, -0.2) is 24.7 Å². The average Bonchev–Trinajstić information content (AvgIpc) is 2.48. The van der Waals surface area contributed by atoms with Gasteiger partial charge in [-0.3, -0.25) is 4.79 Å². The largest absolute Gasteiger partial charge is 0.491 e. The fourth-order valence-corrected chi connectivity index (χ4v) is 3.12. The van der Waals surface area contributed by atoms with Crippen LogP contribution >= 0.6 is 0 Å². The second kappa shape index (κ2) is 7.14. The van der Waals surface area contributed by atoms with Crippen LogP contribution in [-0.2, 0) is 9.53 Å². The number of hydrogen-bond donors (Lipinski definition) is 1. The smallest absolute Gasteiger partial charge is 0.256 e. The number of nitrogens with one attached hydrogen (secondary N) is 1. The summed E-state index contributed by atoms with van der Waals surface area (Å²) in [4.78, 5) is 12.7. The van der Waals surface area contributed by atoms with Gasteiger partial charge in [0, 0.05) is 12.8 Å². The first-order chi connectivity index (χ1) is 10.4. The van der Waals surface area contributed by atoms with Crippen molar-refractivity contribution >= 4 is 11.6 Å². The number of methoxy groups -OCH3 is 1. The van der Waals surface area contributed by atoms with E-state index in [-0.39, 0.29) is 12.0 Å². The van der Waals surface area contributed by atoms with E-state index in [9.17, 15) is 4.79 Å². The summed E-state index contributed by atoms with van der Waals surface area (Å²) < 4.78 is 11.2. The predicted octanol–water partition coefficient (Wildman–Crippen LogP) is 4.01. The van der Waals surface area contributed by atoms with Crippen LogP contribution in [0.15, 0.2) is 24.3 Å². The molecule has 0 bridgehead atoms. The lowest BCUT2D eigenvalue weighted by Gasteiger charge is -2.37. The molecule has 1 aliphatic rings. The van der Waals surface area contributed by atoms with Gasteiger partial charge >= 0.3 is 0 Å². The van der Waals surface area contributed by atoms with E-state index in [2.05, 4.69) is 12.2 Å². The van der Waals surface area contributed by atoms with Crippen molar-refractivity contribution in [1.82, 2.24) is 0 Å². The maximum atomic E-state index is 12.7. The summed E-state index contributed by atoms with van der Waals surface area (Å²) in [5.41, 5.74) is 0.0841. The van der Waals surface area contributed by atoms with Crippen LogP contribution in [0.1, 0.15) is 46.5 Å². The first-order valence-electron chi connectivity index (χ1n) is 8.08. The van der Waals surface area contributed by atoms with E-state index in [0.29, 0.717) is 5.92 Å². The van der Waals surface area contributed by atoms with E-state index < -0.39 is 5.60 Å². The molecule has 1 saturated carbocycles. The molecule has 0 saturated heterocycles. The zero-order chi connectivity index (χ0) is 16.2. The van der Waals surface area contributed by atoms with Crippen LogP contribution in [0.2, 0.25) is 0 Å². The molecule has 4 nitrogen and oxygen atoms in total. The van der Waals surface area contributed by atoms with Crippen molar-refractivity contribution in [1.29, 1.82) is 0 Å². The Morgan fingerprint density at radius 1 is 1.32 bits per heavy atom. The summed E-state index contributed by atoms with van der Waals surface area (Å²) in [5, 5.41) is 2.98. The lowest BCUT2D eigenvalue weighted by atomic mass is 9.78. The van der Waals surface area contributed by atoms with Crippen molar-refractivity contribution in [3.05, 3.63) is 24.3 Å². The Hall–Kier alpha value is -1.55. The van der Waals surface area contributed by atoms with Crippen molar-refractivity contribution in [2.45, 2.75) is 58.2 Å². The SMILES string of the molecule is CO[C@]1(C(=O)Nc2ccc(OC(C)C)cc2)CCC[C@H](C)C1. The molecule has 0 heterocycles. The van der Waals surface area contributed by atoms with Crippen molar-refractivity contribution < 1.29 is 14.3 Å². The van der Waals surface area contributed by atoms with Crippen LogP contribution in [0.4, 0.5) is 5.69 Å². The van der Waals surface area contributed by atoms with Gasteiger partial charge in [0.1, 0.15) is 11.4 Å². The van der Waals surface area contributed by atoms with Gasteiger partial charge in [0.15, 0.2) is 0 Å². The molecular formula is C18H27NO3. The third-order valence-corrected chi connectivity index (χ3v) is 4.24. The second-order valence-electron chi connectivity index (χ2n) is 6.55. The van der Waals surface area contributed by atoms with Crippen LogP contribution in [0, 0.1) is 5.92 Å². The summed E-state index contributed by atoms with van der Waals surface area (Å²) in [7, 11) is 1.64. The molecule has 22 heavy (non-hydrogen) atoms. The number of anilines is 1. The standard InChI is InChI=1S/C18H27NO3/c1-13(2)22-16-9-7-15(8-10-16)19-17(20)18(21-4)11-5-6-14(3)12-18/h7-10,13-14H,5-6,11-12H2,1-4H3,(H,19,20)/t14-,18+/m0/s1. The average molecular weight is 305 g/mol. The van der Waals surface area contributed by atoms with Crippen molar-refractivity contribution in [3.63, 3.8) is 0 Å². The van der Waals surface area contributed by atoms with Gasteiger partial charge in [0.05, 0.1) is 6.10 Å². The molecule has 4 heteroatoms. The molecule has 1 fully saturated rings. The number of carbonyl (C=O) groups excluding carboxylic acids is 1. The Kier molecular flexibility index (Phi) is 5.46. The Morgan fingerprint density at radius 3 is 2.55 bits per heavy atom. The molecule has 0 unspecified atom stereocenters. The van der Waals surface area contributed by atoms with E-state index in [4.69, 9.17) is 9.47 Å². The molecule has 1 aromatic rings. The Labute approximate surface area is 133 Å². The van der Waals surface area contributed by atoms with Gasteiger partial charge < -0.3 is 14.8 Å². The molecule has 1 aromatic carbocycles. The van der Waals surface area contributed by atoms with Crippen LogP contribution in [0.3, 0.4) is 0 Å². The molecule has 0 radical (unpaired) electrons. The second-order valence-corrected chi connectivity index (χ2v) is 6.55. The maximum Gasteiger partial charge on any atom is 0.256 e. The molecule has 0 aliphatic heterocycles. The summed E-state index contributed by atoms with van der Waals surface area (Å²) in [6.07, 6.45) is 3.90. The number of amides is 1. The van der Waals surface area contributed by atoms with Gasteiger partial charge in [-0.05, 0) is 63.3 Å². The van der Waals surface area contributed by atoms with Crippen LogP contribution < -0.4 is 10.1 Å². The normalized spacial score (nSPS) is 25.0. The lowest BCUT2D eigenvalue weighted by Crippen LogP contribution is -2.47. The Bertz CT molecular complexity index is 498. The van der Waals surface area contributed by atoms with Crippen molar-refractivity contribution in [2.75, 3.05) is 12.4 Å². The topological polar surface area (TPSA) is 47.6 Å². The minimum atomic E-state index is -0.690. The van der Waals surface area contributed by atoms with Gasteiger partial charge in [0.25, 0.3) is 5.91 Å². The number of rotatable bonds is 5. The van der Waals surface area contributed by atoms with E-state index in [0.717, 1.165) is 30.7 Å². The quantitative estimate of drug-likeness (QED) is 0.894. The monoisotopic (exact) mass is 305 g/mol. The van der Waals surface area contributed by atoms with E-state index in [1.54, 1.807) is 7.11 Å². The Morgan fingerprint density at radius 2 is 2.00 bits per heavy atom. The summed E-state index contributed by atoms with van der Waals surface area (Å²) in [6.45, 7) is 6.16. The number of carbonyl (C=O) groups is 1. The third-order valence-electron chi connectivity index (χ3n) is 4.24. The molecule has 1 N–H and O–H groups in total. The fraction of sp³-hybridized carbons (Fsp3) is 0.611. The highest BCUT2D eigenvalue weighted by Gasteiger charge is 2.41. The highest BCUT2D eigenvalue weighted by atomic mass is 16.5. The number of benzene rings is 1. The molecule has 1 aliphatic carbocycles. The molecule has 0 spiro atoms. The van der Waals surface area contributed by atoms with E-state index in [1.807, 2.05) is 38.1 Å². The lowest BCUT2D eigenvalue weighted by molar-refractivity contribution is -0.143. The molecule has 2 rings (SSSR count). The highest BCUT2D eigenvalue weighted by Crippen LogP contribution is 2.35. The van der Waals surface area contributed by atoms with Crippen LogP contribution in [0.5, 0.6) is 5.75 Å². The fourth-order valence-electron chi connectivity index (χ4n) is 3.12. The molecular weight excluding hydrogens is 278 g/mol. The molecule has 0 aromatic heterocycles. The highest BCUT2D eigenvalue weighted by molar-refractivity contribution is 5.97. The van der Waals surface area contributed by atoms with E-state index >= 15 is 0 Å².